The van der Waals surface area contributed by atoms with Crippen LogP contribution >= 0.6 is 0 Å². The van der Waals surface area contributed by atoms with Crippen LogP contribution in [0.25, 0.3) is 10.9 Å². The average Bonchev–Trinajstić information content (AvgIpc) is 3.22. The van der Waals surface area contributed by atoms with Crippen LogP contribution in [-0.2, 0) is 10.2 Å². The van der Waals surface area contributed by atoms with E-state index in [2.05, 4.69) is 31.9 Å². The van der Waals surface area contributed by atoms with E-state index in [1.165, 1.54) is 4.31 Å². The number of aromatic amines is 1. The molecule has 12 heteroatoms. The van der Waals surface area contributed by atoms with Crippen LogP contribution in [0.1, 0.15) is 37.8 Å². The van der Waals surface area contributed by atoms with E-state index in [4.69, 9.17) is 10.2 Å². The van der Waals surface area contributed by atoms with Gasteiger partial charge in [-0.1, -0.05) is 6.42 Å². The largest absolute Gasteiger partial charge is 0.367 e. The van der Waals surface area contributed by atoms with Gasteiger partial charge in [0.15, 0.2) is 5.82 Å². The van der Waals surface area contributed by atoms with E-state index >= 15 is 0 Å². The maximum absolute atomic E-state index is 13.4. The minimum Gasteiger partial charge on any atom is -0.367 e. The fourth-order valence-corrected chi connectivity index (χ4v) is 7.87. The van der Waals surface area contributed by atoms with Gasteiger partial charge in [0.05, 0.1) is 17.5 Å². The first-order valence-corrected chi connectivity index (χ1v) is 13.8. The van der Waals surface area contributed by atoms with Crippen molar-refractivity contribution in [3.8, 4) is 6.07 Å². The molecule has 0 radical (unpaired) electrons. The number of nitrogens with zero attached hydrogens (tertiary/aromatic N) is 6. The molecule has 0 spiro atoms. The molecule has 36 heavy (non-hydrogen) atoms. The second-order valence-corrected chi connectivity index (χ2v) is 11.9. The number of hydrogen-bond acceptors (Lipinski definition) is 8. The molecule has 2 bridgehead atoms. The van der Waals surface area contributed by atoms with Crippen LogP contribution < -0.4 is 10.6 Å². The summed E-state index contributed by atoms with van der Waals surface area (Å²) in [6.07, 6.45) is 5.91. The van der Waals surface area contributed by atoms with Crippen molar-refractivity contribution in [1.82, 2.24) is 28.8 Å². The highest BCUT2D eigenvalue weighted by Crippen LogP contribution is 2.39. The third-order valence-electron chi connectivity index (χ3n) is 7.43. The van der Waals surface area contributed by atoms with Gasteiger partial charge in [-0.2, -0.15) is 27.4 Å². The van der Waals surface area contributed by atoms with Crippen LogP contribution in [0.2, 0.25) is 0 Å². The van der Waals surface area contributed by atoms with E-state index in [1.807, 2.05) is 31.2 Å². The first-order valence-electron chi connectivity index (χ1n) is 12.4. The van der Waals surface area contributed by atoms with Gasteiger partial charge >= 0.3 is 0 Å². The molecule has 3 aromatic rings. The molecule has 3 aliphatic rings. The standard InChI is InChI=1S/C24H29N9O2S/c1-15-8-23(31-30-15)28-22-11-21-20(6-3-7-26-21)24(29-22)27-17-9-18-4-2-5-19(10-17)33(18)36(34,35)32-13-16(12-25)14-32/h3,6-8,11,16-19H,2,4-5,9-10,13-14H2,1H3,(H3,27,28,29,30,31)/t17?,18-,19+. The number of nitrogens with one attached hydrogen (secondary N) is 3. The van der Waals surface area contributed by atoms with Gasteiger partial charge in [0.25, 0.3) is 10.2 Å². The van der Waals surface area contributed by atoms with Crippen molar-refractivity contribution in [1.29, 1.82) is 5.26 Å². The average molecular weight is 508 g/mol. The highest BCUT2D eigenvalue weighted by atomic mass is 32.2. The Bertz CT molecular complexity index is 1410. The molecule has 3 atom stereocenters. The van der Waals surface area contributed by atoms with Gasteiger partial charge in [-0.05, 0) is 44.7 Å². The Hall–Kier alpha value is -3.27. The summed E-state index contributed by atoms with van der Waals surface area (Å²) in [6, 6.07) is 9.84. The predicted molar refractivity (Wildman–Crippen MR) is 136 cm³/mol. The smallest absolute Gasteiger partial charge is 0.282 e. The van der Waals surface area contributed by atoms with E-state index in [-0.39, 0.29) is 24.0 Å². The number of aromatic nitrogens is 4. The summed E-state index contributed by atoms with van der Waals surface area (Å²) in [5.74, 6) is 1.85. The van der Waals surface area contributed by atoms with Crippen LogP contribution in [0.3, 0.4) is 0 Å². The molecule has 0 amide bonds. The SMILES string of the molecule is Cc1cc(Nc2cc3ncccc3c(NC3C[C@H]4CCC[C@@H](C3)N4S(=O)(=O)N3CC(C#N)C3)n2)n[nH]1. The fourth-order valence-electron chi connectivity index (χ4n) is 5.73. The molecule has 0 aromatic carbocycles. The number of piperidine rings is 2. The lowest BCUT2D eigenvalue weighted by molar-refractivity contribution is 0.0984. The summed E-state index contributed by atoms with van der Waals surface area (Å²) in [4.78, 5) is 9.37. The zero-order valence-corrected chi connectivity index (χ0v) is 20.9. The van der Waals surface area contributed by atoms with Crippen molar-refractivity contribution < 1.29 is 8.42 Å². The summed E-state index contributed by atoms with van der Waals surface area (Å²) in [5.41, 5.74) is 1.76. The zero-order chi connectivity index (χ0) is 24.9. The number of nitriles is 1. The van der Waals surface area contributed by atoms with Gasteiger partial charge in [0, 0.05) is 60.6 Å². The molecule has 188 valence electrons. The molecule has 11 nitrogen and oxygen atoms in total. The van der Waals surface area contributed by atoms with E-state index in [1.54, 1.807) is 10.5 Å². The highest BCUT2D eigenvalue weighted by Gasteiger charge is 2.49. The maximum Gasteiger partial charge on any atom is 0.282 e. The summed E-state index contributed by atoms with van der Waals surface area (Å²) in [6.45, 7) is 2.54. The van der Waals surface area contributed by atoms with Gasteiger partial charge in [-0.15, -0.1) is 0 Å². The Balaban J connectivity index is 1.24. The summed E-state index contributed by atoms with van der Waals surface area (Å²) < 4.78 is 30.0. The molecular weight excluding hydrogens is 478 g/mol. The van der Waals surface area contributed by atoms with Crippen molar-refractivity contribution in [3.05, 3.63) is 36.2 Å². The van der Waals surface area contributed by atoms with Crippen LogP contribution in [0, 0.1) is 24.2 Å². The quantitative estimate of drug-likeness (QED) is 0.462. The van der Waals surface area contributed by atoms with Crippen molar-refractivity contribution in [2.24, 2.45) is 5.92 Å². The van der Waals surface area contributed by atoms with Crippen molar-refractivity contribution in [2.45, 2.75) is 57.2 Å². The van der Waals surface area contributed by atoms with Crippen LogP contribution in [0.4, 0.5) is 17.5 Å². The van der Waals surface area contributed by atoms with E-state index in [0.29, 0.717) is 37.6 Å². The third kappa shape index (κ3) is 4.17. The predicted octanol–water partition coefficient (Wildman–Crippen LogP) is 2.90. The van der Waals surface area contributed by atoms with Crippen LogP contribution in [0.15, 0.2) is 30.5 Å². The van der Waals surface area contributed by atoms with Gasteiger partial charge in [-0.3, -0.25) is 10.1 Å². The summed E-state index contributed by atoms with van der Waals surface area (Å²) in [5, 5.41) is 24.0. The molecule has 3 fully saturated rings. The lowest BCUT2D eigenvalue weighted by Crippen LogP contribution is -2.63. The van der Waals surface area contributed by atoms with Gasteiger partial charge in [0.1, 0.15) is 11.6 Å². The van der Waals surface area contributed by atoms with Crippen LogP contribution in [-0.4, -0.2) is 68.4 Å². The Kier molecular flexibility index (Phi) is 5.78. The minimum absolute atomic E-state index is 0.0566. The highest BCUT2D eigenvalue weighted by molar-refractivity contribution is 7.86. The molecule has 3 saturated heterocycles. The number of rotatable bonds is 6. The molecular formula is C24H29N9O2S. The van der Waals surface area contributed by atoms with Gasteiger partial charge in [0.2, 0.25) is 0 Å². The van der Waals surface area contributed by atoms with Crippen molar-refractivity contribution >= 4 is 38.6 Å². The third-order valence-corrected chi connectivity index (χ3v) is 9.51. The minimum atomic E-state index is -3.56. The summed E-state index contributed by atoms with van der Waals surface area (Å²) in [7, 11) is -3.56. The Morgan fingerprint density at radius 2 is 1.94 bits per heavy atom. The molecule has 3 N–H and O–H groups in total. The monoisotopic (exact) mass is 507 g/mol. The second kappa shape index (κ2) is 8.99. The number of anilines is 3. The van der Waals surface area contributed by atoms with E-state index in [9.17, 15) is 8.42 Å². The second-order valence-electron chi connectivity index (χ2n) is 10.0. The van der Waals surface area contributed by atoms with Crippen molar-refractivity contribution in [3.63, 3.8) is 0 Å². The van der Waals surface area contributed by atoms with Crippen molar-refractivity contribution in [2.75, 3.05) is 23.7 Å². The number of hydrogen-bond donors (Lipinski definition) is 3. The normalized spacial score (nSPS) is 25.3. The number of aryl methyl sites for hydroxylation is 1. The number of fused-ring (bicyclic) bond motifs is 3. The maximum atomic E-state index is 13.4. The molecule has 6 rings (SSSR count). The molecule has 0 aliphatic carbocycles. The zero-order valence-electron chi connectivity index (χ0n) is 20.1. The molecule has 6 heterocycles. The Labute approximate surface area is 210 Å². The Morgan fingerprint density at radius 1 is 1.17 bits per heavy atom. The molecule has 1 unspecified atom stereocenters. The molecule has 0 saturated carbocycles. The number of H-pyrrole nitrogens is 1. The molecule has 3 aromatic heterocycles. The molecule has 3 aliphatic heterocycles. The van der Waals surface area contributed by atoms with E-state index in [0.717, 1.165) is 41.7 Å². The fraction of sp³-hybridized carbons (Fsp3) is 0.500. The first kappa shape index (κ1) is 23.1. The lowest BCUT2D eigenvalue weighted by Gasteiger charge is -2.50. The first-order chi connectivity index (χ1) is 17.4. The van der Waals surface area contributed by atoms with Gasteiger partial charge < -0.3 is 10.6 Å². The van der Waals surface area contributed by atoms with Crippen LogP contribution in [0.5, 0.6) is 0 Å². The Morgan fingerprint density at radius 3 is 2.64 bits per heavy atom. The van der Waals surface area contributed by atoms with Gasteiger partial charge in [-0.25, -0.2) is 4.98 Å². The topological polar surface area (TPSA) is 143 Å². The lowest BCUT2D eigenvalue weighted by atomic mass is 9.84. The number of pyridine rings is 2. The van der Waals surface area contributed by atoms with E-state index < -0.39 is 10.2 Å². The summed E-state index contributed by atoms with van der Waals surface area (Å²) >= 11 is 0.